The van der Waals surface area contributed by atoms with Crippen LogP contribution >= 0.6 is 0 Å². The molecule has 0 aromatic carbocycles. The standard InChI is InChI=1S/C56H102N16O4/c1-33-37(27-49(5,6)69-53(33,13)14)59-45-63-43(64-46(67-45)60-38-28-50(7,8)70-54(15,16)34(38)2)57-31-41(73)75-25-23-21-22-24-26-76-42(74)32-58-44-65-47(61-39-29-51(9,10)71-55(17,18)35(39)3)68-48(66-44)62-40-30-52(11,12)72-56(19,20)36(40)4/h33-40,69-72H,21-32H2,1-20H3,(H3,57,59,60,63,64,67)(H3,58,61,62,65,66,68). The maximum atomic E-state index is 13.0. The quantitative estimate of drug-likeness (QED) is 0.0419. The molecule has 0 bridgehead atoms. The van der Waals surface area contributed by atoms with Crippen molar-refractivity contribution in [2.45, 2.75) is 258 Å². The van der Waals surface area contributed by atoms with Gasteiger partial charge >= 0.3 is 11.9 Å². The van der Waals surface area contributed by atoms with Crippen LogP contribution in [0.3, 0.4) is 0 Å². The third-order valence-electron chi connectivity index (χ3n) is 17.4. The molecule has 8 unspecified atom stereocenters. The van der Waals surface area contributed by atoms with Crippen molar-refractivity contribution < 1.29 is 19.1 Å². The van der Waals surface area contributed by atoms with Gasteiger partial charge in [0, 0.05) is 68.5 Å². The van der Waals surface area contributed by atoms with Crippen LogP contribution in [0.25, 0.3) is 0 Å². The number of anilines is 6. The maximum Gasteiger partial charge on any atom is 0.325 e. The molecule has 4 fully saturated rings. The minimum Gasteiger partial charge on any atom is -0.464 e. The summed E-state index contributed by atoms with van der Waals surface area (Å²) in [6, 6.07) is 0.407. The predicted octanol–water partition coefficient (Wildman–Crippen LogP) is 8.10. The number of esters is 2. The first-order valence-corrected chi connectivity index (χ1v) is 28.5. The van der Waals surface area contributed by atoms with Crippen LogP contribution in [0.2, 0.25) is 0 Å². The fraction of sp³-hybridized carbons (Fsp3) is 0.857. The number of rotatable bonds is 21. The molecule has 4 aliphatic rings. The van der Waals surface area contributed by atoms with Gasteiger partial charge in [0.1, 0.15) is 13.1 Å². The lowest BCUT2D eigenvalue weighted by Crippen LogP contribution is -2.65. The zero-order valence-corrected chi connectivity index (χ0v) is 50.4. The number of ether oxygens (including phenoxy) is 2. The van der Waals surface area contributed by atoms with Crippen LogP contribution in [-0.2, 0) is 19.1 Å². The maximum absolute atomic E-state index is 13.0. The largest absolute Gasteiger partial charge is 0.464 e. The molecule has 430 valence electrons. The van der Waals surface area contributed by atoms with Gasteiger partial charge in [-0.3, -0.25) is 9.59 Å². The molecule has 2 aromatic heterocycles. The van der Waals surface area contributed by atoms with Gasteiger partial charge in [0.25, 0.3) is 0 Å². The molecule has 2 aromatic rings. The van der Waals surface area contributed by atoms with Crippen LogP contribution < -0.4 is 53.2 Å². The molecule has 0 aliphatic carbocycles. The van der Waals surface area contributed by atoms with Gasteiger partial charge in [-0.1, -0.05) is 27.7 Å². The van der Waals surface area contributed by atoms with E-state index in [0.717, 1.165) is 38.5 Å². The van der Waals surface area contributed by atoms with Crippen molar-refractivity contribution in [1.29, 1.82) is 0 Å². The molecule has 10 N–H and O–H groups in total. The van der Waals surface area contributed by atoms with Gasteiger partial charge in [0.05, 0.1) is 13.2 Å². The average Bonchev–Trinajstić information content (AvgIpc) is 3.25. The van der Waals surface area contributed by atoms with Gasteiger partial charge in [0.2, 0.25) is 35.7 Å². The topological polar surface area (TPSA) is 250 Å². The van der Waals surface area contributed by atoms with Gasteiger partial charge in [-0.25, -0.2) is 0 Å². The fourth-order valence-electron chi connectivity index (χ4n) is 12.9. The second-order valence-electron chi connectivity index (χ2n) is 28.1. The van der Waals surface area contributed by atoms with Crippen molar-refractivity contribution in [3.8, 4) is 0 Å². The van der Waals surface area contributed by atoms with Gasteiger partial charge in [-0.15, -0.1) is 0 Å². The van der Waals surface area contributed by atoms with E-state index in [1.54, 1.807) is 0 Å². The fourth-order valence-corrected chi connectivity index (χ4v) is 12.9. The highest BCUT2D eigenvalue weighted by Gasteiger charge is 2.47. The van der Waals surface area contributed by atoms with E-state index in [0.29, 0.717) is 48.5 Å². The molecule has 20 nitrogen and oxygen atoms in total. The summed E-state index contributed by atoms with van der Waals surface area (Å²) in [5.41, 5.74) is -0.803. The number of carbonyl (C=O) groups excluding carboxylic acids is 2. The van der Waals surface area contributed by atoms with Crippen molar-refractivity contribution in [2.24, 2.45) is 23.7 Å². The molecule has 6 heterocycles. The summed E-state index contributed by atoms with van der Waals surface area (Å²) in [7, 11) is 0. The Morgan fingerprint density at radius 2 is 0.618 bits per heavy atom. The van der Waals surface area contributed by atoms with Gasteiger partial charge < -0.3 is 62.6 Å². The van der Waals surface area contributed by atoms with E-state index in [2.05, 4.69) is 192 Å². The summed E-state index contributed by atoms with van der Waals surface area (Å²) in [6.45, 7) is 45.0. The van der Waals surface area contributed by atoms with E-state index in [1.165, 1.54) is 0 Å². The van der Waals surface area contributed by atoms with Gasteiger partial charge in [-0.2, -0.15) is 29.9 Å². The van der Waals surface area contributed by atoms with Crippen LogP contribution in [0.5, 0.6) is 0 Å². The summed E-state index contributed by atoms with van der Waals surface area (Å²) >= 11 is 0. The normalized spacial score (nSPS) is 29.5. The number of hydrogen-bond donors (Lipinski definition) is 10. The van der Waals surface area contributed by atoms with Crippen molar-refractivity contribution in [3.05, 3.63) is 0 Å². The molecule has 6 rings (SSSR count). The summed E-state index contributed by atoms with van der Waals surface area (Å²) in [5.74, 6) is 2.72. The zero-order chi connectivity index (χ0) is 56.5. The number of carbonyl (C=O) groups is 2. The lowest BCUT2D eigenvalue weighted by atomic mass is 9.72. The highest BCUT2D eigenvalue weighted by atomic mass is 16.5. The third-order valence-corrected chi connectivity index (χ3v) is 17.4. The highest BCUT2D eigenvalue weighted by Crippen LogP contribution is 2.39. The number of nitrogens with one attached hydrogen (secondary N) is 10. The first kappa shape index (κ1) is 60.8. The molecule has 0 amide bonds. The molecular formula is C56H102N16O4. The molecule has 4 saturated heterocycles. The second-order valence-corrected chi connectivity index (χ2v) is 28.1. The SMILES string of the molecule is CC1C(Nc2nc(NCC(=O)OCCCCCCOC(=O)CNc3nc(NC4CC(C)(C)NC(C)(C)C4C)nc(NC4CC(C)(C)NC(C)(C)C4C)n3)nc(NC3CC(C)(C)NC(C)(C)C3C)n2)CC(C)(C)NC1(C)C. The van der Waals surface area contributed by atoms with Crippen LogP contribution in [0.15, 0.2) is 0 Å². The molecule has 0 radical (unpaired) electrons. The Balaban J connectivity index is 0.971. The molecule has 4 aliphatic heterocycles. The van der Waals surface area contributed by atoms with Crippen LogP contribution in [-0.4, -0.2) is 137 Å². The molecule has 8 atom stereocenters. The predicted molar refractivity (Wildman–Crippen MR) is 307 cm³/mol. The van der Waals surface area contributed by atoms with E-state index in [-0.39, 0.29) is 118 Å². The summed E-state index contributed by atoms with van der Waals surface area (Å²) in [6.07, 6.45) is 6.50. The molecule has 0 spiro atoms. The lowest BCUT2D eigenvalue weighted by Gasteiger charge is -2.51. The smallest absolute Gasteiger partial charge is 0.325 e. The van der Waals surface area contributed by atoms with Crippen molar-refractivity contribution in [1.82, 2.24) is 51.2 Å². The van der Waals surface area contributed by atoms with Crippen molar-refractivity contribution in [3.63, 3.8) is 0 Å². The number of nitrogens with zero attached hydrogens (tertiary/aromatic N) is 6. The summed E-state index contributed by atoms with van der Waals surface area (Å²) in [4.78, 5) is 54.9. The number of aromatic nitrogens is 6. The minimum absolute atomic E-state index is 0.0894. The Kier molecular flexibility index (Phi) is 18.5. The lowest BCUT2D eigenvalue weighted by molar-refractivity contribution is -0.142. The number of piperidine rings is 4. The van der Waals surface area contributed by atoms with E-state index in [4.69, 9.17) is 39.4 Å². The van der Waals surface area contributed by atoms with Gasteiger partial charge in [0.15, 0.2) is 0 Å². The van der Waals surface area contributed by atoms with Crippen LogP contribution in [0, 0.1) is 23.7 Å². The summed E-state index contributed by atoms with van der Waals surface area (Å²) in [5, 5.41) is 36.0. The zero-order valence-electron chi connectivity index (χ0n) is 50.4. The average molecular weight is 1060 g/mol. The Bertz CT molecular complexity index is 2020. The first-order valence-electron chi connectivity index (χ1n) is 28.5. The Labute approximate surface area is 456 Å². The number of unbranched alkanes of at least 4 members (excludes halogenated alkanes) is 3. The van der Waals surface area contributed by atoms with Crippen LogP contribution in [0.1, 0.15) is 190 Å². The summed E-state index contributed by atoms with van der Waals surface area (Å²) < 4.78 is 11.2. The molecule has 76 heavy (non-hydrogen) atoms. The molecule has 0 saturated carbocycles. The highest BCUT2D eigenvalue weighted by molar-refractivity contribution is 5.75. The van der Waals surface area contributed by atoms with Gasteiger partial charge in [-0.05, 0) is 186 Å². The monoisotopic (exact) mass is 1060 g/mol. The Morgan fingerprint density at radius 3 is 0.855 bits per heavy atom. The number of hydrogen-bond acceptors (Lipinski definition) is 20. The third kappa shape index (κ3) is 16.6. The van der Waals surface area contributed by atoms with Crippen molar-refractivity contribution >= 4 is 47.6 Å². The van der Waals surface area contributed by atoms with Crippen molar-refractivity contribution in [2.75, 3.05) is 58.2 Å². The van der Waals surface area contributed by atoms with E-state index in [1.807, 2.05) is 0 Å². The van der Waals surface area contributed by atoms with Crippen LogP contribution in [0.4, 0.5) is 35.7 Å². The first-order chi connectivity index (χ1) is 34.9. The van der Waals surface area contributed by atoms with E-state index in [9.17, 15) is 9.59 Å². The molecular weight excluding hydrogens is 961 g/mol. The minimum atomic E-state index is -0.400. The second kappa shape index (κ2) is 23.1. The molecule has 20 heteroatoms. The Morgan fingerprint density at radius 1 is 0.395 bits per heavy atom. The van der Waals surface area contributed by atoms with E-state index >= 15 is 0 Å². The Hall–Kier alpha value is -4.40. The van der Waals surface area contributed by atoms with E-state index < -0.39 is 11.9 Å².